The average Bonchev–Trinajstić information content (AvgIpc) is 2.38. The Kier molecular flexibility index (Phi) is 7.06. The first kappa shape index (κ1) is 14.7. The fraction of sp³-hybridized carbons (Fsp3) is 0.500. The lowest BCUT2D eigenvalue weighted by Gasteiger charge is -2.10. The average molecular weight is 314 g/mol. The number of nitrogens with zero attached hydrogens (tertiary/aromatic N) is 3. The largest absolute Gasteiger partial charge is 0.493 e. The monoisotopic (exact) mass is 313 g/mol. The number of rotatable bonds is 8. The van der Waals surface area contributed by atoms with Gasteiger partial charge in [-0.15, -0.1) is 0 Å². The molecule has 0 saturated heterocycles. The van der Waals surface area contributed by atoms with E-state index < -0.39 is 0 Å². The minimum absolute atomic E-state index is 0.552. The summed E-state index contributed by atoms with van der Waals surface area (Å²) in [6, 6.07) is 5.66. The van der Waals surface area contributed by atoms with Crippen molar-refractivity contribution < 1.29 is 9.47 Å². The topological polar surface area (TPSA) is 67.2 Å². The van der Waals surface area contributed by atoms with Crippen molar-refractivity contribution in [1.82, 2.24) is 0 Å². The molecule has 0 fully saturated rings. The first-order chi connectivity index (χ1) is 8.77. The maximum Gasteiger partial charge on any atom is 0.162 e. The van der Waals surface area contributed by atoms with E-state index in [1.165, 1.54) is 0 Å². The van der Waals surface area contributed by atoms with Crippen molar-refractivity contribution in [3.8, 4) is 11.5 Å². The van der Waals surface area contributed by atoms with E-state index in [4.69, 9.17) is 15.0 Å². The van der Waals surface area contributed by atoms with Crippen LogP contribution < -0.4 is 9.47 Å². The van der Waals surface area contributed by atoms with Gasteiger partial charge in [0.15, 0.2) is 11.5 Å². The predicted molar refractivity (Wildman–Crippen MR) is 74.1 cm³/mol. The Morgan fingerprint density at radius 2 is 2.11 bits per heavy atom. The van der Waals surface area contributed by atoms with E-state index in [1.54, 1.807) is 7.11 Å². The first-order valence-electron chi connectivity index (χ1n) is 5.75. The van der Waals surface area contributed by atoms with Crippen molar-refractivity contribution in [3.05, 3.63) is 33.1 Å². The molecule has 0 spiro atoms. The molecule has 5 nitrogen and oxygen atoms in total. The third-order valence-corrected chi connectivity index (χ3v) is 2.84. The summed E-state index contributed by atoms with van der Waals surface area (Å²) in [6.45, 7) is 1.18. The Balaban J connectivity index is 2.30. The number of hydrogen-bond donors (Lipinski definition) is 0. The van der Waals surface area contributed by atoms with Crippen LogP contribution in [0.1, 0.15) is 19.3 Å². The molecule has 0 amide bonds. The van der Waals surface area contributed by atoms with Crippen LogP contribution in [0.15, 0.2) is 27.8 Å². The highest BCUT2D eigenvalue weighted by Crippen LogP contribution is 2.30. The van der Waals surface area contributed by atoms with Crippen LogP contribution in [-0.4, -0.2) is 20.3 Å². The fourth-order valence-electron chi connectivity index (χ4n) is 1.45. The highest BCUT2D eigenvalue weighted by atomic mass is 79.9. The molecule has 0 aliphatic rings. The molecule has 0 unspecified atom stereocenters. The van der Waals surface area contributed by atoms with Crippen molar-refractivity contribution in [1.29, 1.82) is 0 Å². The van der Waals surface area contributed by atoms with Crippen LogP contribution in [0.5, 0.6) is 11.5 Å². The lowest BCUT2D eigenvalue weighted by atomic mass is 10.2. The molecule has 0 aliphatic carbocycles. The molecule has 0 bridgehead atoms. The number of azide groups is 1. The highest BCUT2D eigenvalue weighted by Gasteiger charge is 2.04. The zero-order valence-electron chi connectivity index (χ0n) is 10.3. The van der Waals surface area contributed by atoms with Gasteiger partial charge < -0.3 is 9.47 Å². The number of methoxy groups -OCH3 is 1. The van der Waals surface area contributed by atoms with E-state index in [0.29, 0.717) is 13.2 Å². The first-order valence-corrected chi connectivity index (χ1v) is 6.54. The predicted octanol–water partition coefficient (Wildman–Crippen LogP) is 4.32. The summed E-state index contributed by atoms with van der Waals surface area (Å²) in [5.74, 6) is 1.47. The van der Waals surface area contributed by atoms with Crippen molar-refractivity contribution in [2.45, 2.75) is 19.3 Å². The molecule has 0 radical (unpaired) electrons. The van der Waals surface area contributed by atoms with Crippen LogP contribution in [0.3, 0.4) is 0 Å². The summed E-state index contributed by atoms with van der Waals surface area (Å²) in [4.78, 5) is 2.71. The molecule has 0 saturated carbocycles. The maximum absolute atomic E-state index is 8.12. The van der Waals surface area contributed by atoms with Gasteiger partial charge in [-0.05, 0) is 43.0 Å². The zero-order valence-corrected chi connectivity index (χ0v) is 11.9. The number of hydrogen-bond acceptors (Lipinski definition) is 3. The van der Waals surface area contributed by atoms with Gasteiger partial charge in [0.05, 0.1) is 13.7 Å². The van der Waals surface area contributed by atoms with Gasteiger partial charge in [-0.2, -0.15) is 0 Å². The second kappa shape index (κ2) is 8.66. The molecule has 6 heteroatoms. The summed E-state index contributed by atoms with van der Waals surface area (Å²) >= 11 is 3.39. The van der Waals surface area contributed by atoms with Crippen LogP contribution in [0.25, 0.3) is 10.4 Å². The van der Waals surface area contributed by atoms with Gasteiger partial charge in [-0.3, -0.25) is 0 Å². The molecule has 0 heterocycles. The Morgan fingerprint density at radius 1 is 1.28 bits per heavy atom. The SMILES string of the molecule is COc1ccc(Br)cc1OCCCCCN=[N+]=[N-]. The third kappa shape index (κ3) is 5.29. The van der Waals surface area contributed by atoms with Gasteiger partial charge in [0.1, 0.15) is 0 Å². The van der Waals surface area contributed by atoms with Crippen molar-refractivity contribution in [2.75, 3.05) is 20.3 Å². The third-order valence-electron chi connectivity index (χ3n) is 2.35. The number of ether oxygens (including phenoxy) is 2. The van der Waals surface area contributed by atoms with E-state index in [9.17, 15) is 0 Å². The molecule has 0 aliphatic heterocycles. The Labute approximate surface area is 115 Å². The number of halogens is 1. The van der Waals surface area contributed by atoms with E-state index in [1.807, 2.05) is 18.2 Å². The second-order valence-corrected chi connectivity index (χ2v) is 4.57. The summed E-state index contributed by atoms with van der Waals surface area (Å²) in [5.41, 5.74) is 8.12. The molecule has 1 rings (SSSR count). The van der Waals surface area contributed by atoms with Crippen molar-refractivity contribution >= 4 is 15.9 Å². The van der Waals surface area contributed by atoms with Crippen LogP contribution in [0.2, 0.25) is 0 Å². The summed E-state index contributed by atoms with van der Waals surface area (Å²) in [5, 5.41) is 3.48. The minimum atomic E-state index is 0.552. The maximum atomic E-state index is 8.12. The summed E-state index contributed by atoms with van der Waals surface area (Å²) in [6.07, 6.45) is 2.80. The molecule has 0 atom stereocenters. The normalized spacial score (nSPS) is 9.67. The standard InChI is InChI=1S/C12H16BrN3O2/c1-17-11-6-5-10(13)9-12(11)18-8-4-2-3-7-15-16-14/h5-6,9H,2-4,7-8H2,1H3. The van der Waals surface area contributed by atoms with Gasteiger partial charge in [0.2, 0.25) is 0 Å². The van der Waals surface area contributed by atoms with E-state index >= 15 is 0 Å². The number of unbranched alkanes of at least 4 members (excludes halogenated alkanes) is 2. The fourth-order valence-corrected chi connectivity index (χ4v) is 1.79. The van der Waals surface area contributed by atoms with Gasteiger partial charge in [0, 0.05) is 15.9 Å². The molecule has 18 heavy (non-hydrogen) atoms. The molecule has 0 N–H and O–H groups in total. The van der Waals surface area contributed by atoms with Crippen LogP contribution in [0.4, 0.5) is 0 Å². The van der Waals surface area contributed by atoms with E-state index in [-0.39, 0.29) is 0 Å². The zero-order chi connectivity index (χ0) is 13.2. The van der Waals surface area contributed by atoms with Gasteiger partial charge >= 0.3 is 0 Å². The van der Waals surface area contributed by atoms with Gasteiger partial charge in [-0.25, -0.2) is 0 Å². The molecule has 1 aromatic carbocycles. The summed E-state index contributed by atoms with van der Waals surface area (Å²) in [7, 11) is 1.62. The molecule has 1 aromatic rings. The van der Waals surface area contributed by atoms with Crippen LogP contribution in [0, 0.1) is 0 Å². The van der Waals surface area contributed by atoms with Gasteiger partial charge in [0.25, 0.3) is 0 Å². The Hall–Kier alpha value is -1.39. The number of benzene rings is 1. The molecule has 98 valence electrons. The lowest BCUT2D eigenvalue weighted by molar-refractivity contribution is 0.285. The summed E-state index contributed by atoms with van der Waals surface area (Å²) < 4.78 is 11.8. The van der Waals surface area contributed by atoms with Crippen LogP contribution >= 0.6 is 15.9 Å². The van der Waals surface area contributed by atoms with E-state index in [2.05, 4.69) is 26.0 Å². The highest BCUT2D eigenvalue weighted by molar-refractivity contribution is 9.10. The van der Waals surface area contributed by atoms with Crippen molar-refractivity contribution in [3.63, 3.8) is 0 Å². The smallest absolute Gasteiger partial charge is 0.162 e. The molecular formula is C12H16BrN3O2. The lowest BCUT2D eigenvalue weighted by Crippen LogP contribution is -1.99. The minimum Gasteiger partial charge on any atom is -0.493 e. The van der Waals surface area contributed by atoms with E-state index in [0.717, 1.165) is 35.2 Å². The van der Waals surface area contributed by atoms with Crippen molar-refractivity contribution in [2.24, 2.45) is 5.11 Å². The van der Waals surface area contributed by atoms with Gasteiger partial charge in [-0.1, -0.05) is 21.0 Å². The Morgan fingerprint density at radius 3 is 2.83 bits per heavy atom. The quantitative estimate of drug-likeness (QED) is 0.310. The Bertz CT molecular complexity index is 420. The molecule has 0 aromatic heterocycles. The second-order valence-electron chi connectivity index (χ2n) is 3.66. The van der Waals surface area contributed by atoms with Crippen LogP contribution in [-0.2, 0) is 0 Å². The molecular weight excluding hydrogens is 298 g/mol.